The molecule has 1 fully saturated rings. The molecule has 1 aliphatic carbocycles. The Morgan fingerprint density at radius 1 is 1.08 bits per heavy atom. The van der Waals surface area contributed by atoms with Gasteiger partial charge in [-0.2, -0.15) is 0 Å². The van der Waals surface area contributed by atoms with Crippen molar-refractivity contribution in [3.05, 3.63) is 59.7 Å². The summed E-state index contributed by atoms with van der Waals surface area (Å²) in [5.41, 5.74) is 5.05. The van der Waals surface area contributed by atoms with Gasteiger partial charge in [0.05, 0.1) is 0 Å². The largest absolute Gasteiger partial charge is 0.448 e. The summed E-state index contributed by atoms with van der Waals surface area (Å²) in [6.45, 7) is 5.58. The topological polar surface area (TPSA) is 29.5 Å². The summed E-state index contributed by atoms with van der Waals surface area (Å²) < 4.78 is 5.79. The molecular weight excluding hydrogens is 310 g/mol. The minimum Gasteiger partial charge on any atom is -0.448 e. The van der Waals surface area contributed by atoms with Gasteiger partial charge in [-0.25, -0.2) is 4.79 Å². The number of carbonyl (C=O) groups excluding carboxylic acids is 1. The molecule has 2 atom stereocenters. The summed E-state index contributed by atoms with van der Waals surface area (Å²) in [5.74, 6) is 0.696. The second-order valence-corrected chi connectivity index (χ2v) is 7.36. The van der Waals surface area contributed by atoms with Gasteiger partial charge in [0.2, 0.25) is 0 Å². The molecule has 0 spiro atoms. The van der Waals surface area contributed by atoms with Crippen molar-refractivity contribution >= 4 is 6.09 Å². The van der Waals surface area contributed by atoms with Gasteiger partial charge in [-0.1, -0.05) is 62.4 Å². The molecule has 2 aromatic rings. The molecule has 0 saturated carbocycles. The van der Waals surface area contributed by atoms with Crippen LogP contribution in [0.25, 0.3) is 11.1 Å². The molecule has 4 rings (SSSR count). The van der Waals surface area contributed by atoms with Crippen LogP contribution in [0.15, 0.2) is 48.5 Å². The van der Waals surface area contributed by atoms with Crippen LogP contribution >= 0.6 is 0 Å². The number of hydrogen-bond donors (Lipinski definition) is 0. The van der Waals surface area contributed by atoms with E-state index < -0.39 is 0 Å². The predicted molar refractivity (Wildman–Crippen MR) is 99.6 cm³/mol. The van der Waals surface area contributed by atoms with Gasteiger partial charge in [0, 0.05) is 18.5 Å². The van der Waals surface area contributed by atoms with Crippen molar-refractivity contribution in [1.29, 1.82) is 0 Å². The first-order chi connectivity index (χ1) is 12.2. The normalized spacial score (nSPS) is 21.9. The number of benzene rings is 2. The zero-order chi connectivity index (χ0) is 17.4. The van der Waals surface area contributed by atoms with Crippen molar-refractivity contribution in [3.8, 4) is 11.1 Å². The van der Waals surface area contributed by atoms with Crippen LogP contribution in [0.3, 0.4) is 0 Å². The summed E-state index contributed by atoms with van der Waals surface area (Å²) in [4.78, 5) is 14.6. The van der Waals surface area contributed by atoms with Crippen LogP contribution < -0.4 is 0 Å². The van der Waals surface area contributed by atoms with Gasteiger partial charge in [0.1, 0.15) is 6.61 Å². The molecule has 0 unspecified atom stereocenters. The fraction of sp³-hybridized carbons (Fsp3) is 0.409. The lowest BCUT2D eigenvalue weighted by atomic mass is 9.98. The van der Waals surface area contributed by atoms with E-state index in [2.05, 4.69) is 62.4 Å². The fourth-order valence-corrected chi connectivity index (χ4v) is 4.44. The summed E-state index contributed by atoms with van der Waals surface area (Å²) in [5, 5.41) is 0. The highest BCUT2D eigenvalue weighted by Crippen LogP contribution is 2.44. The minimum atomic E-state index is -0.155. The highest BCUT2D eigenvalue weighted by atomic mass is 16.6. The number of carbonyl (C=O) groups is 1. The molecular formula is C22H25NO2. The third kappa shape index (κ3) is 2.82. The second kappa shape index (κ2) is 6.55. The quantitative estimate of drug-likeness (QED) is 0.785. The van der Waals surface area contributed by atoms with Crippen LogP contribution in [-0.2, 0) is 4.74 Å². The summed E-state index contributed by atoms with van der Waals surface area (Å²) >= 11 is 0. The lowest BCUT2D eigenvalue weighted by Gasteiger charge is -2.24. The molecule has 1 heterocycles. The number of amides is 1. The average molecular weight is 335 g/mol. The SMILES string of the molecule is CC[C@@H]1C[C@@H](C)CN1C(=O)OCC1c2ccccc2-c2ccccc21. The number of hydrogen-bond acceptors (Lipinski definition) is 2. The van der Waals surface area contributed by atoms with E-state index >= 15 is 0 Å². The highest BCUT2D eigenvalue weighted by molar-refractivity contribution is 5.79. The molecule has 0 bridgehead atoms. The average Bonchev–Trinajstić information content (AvgIpc) is 3.18. The summed E-state index contributed by atoms with van der Waals surface area (Å²) in [6.07, 6.45) is 1.92. The van der Waals surface area contributed by atoms with Gasteiger partial charge in [-0.3, -0.25) is 0 Å². The number of rotatable bonds is 3. The van der Waals surface area contributed by atoms with E-state index in [1.54, 1.807) is 0 Å². The zero-order valence-corrected chi connectivity index (χ0v) is 14.9. The molecule has 2 aromatic carbocycles. The Kier molecular flexibility index (Phi) is 4.24. The van der Waals surface area contributed by atoms with Crippen molar-refractivity contribution < 1.29 is 9.53 Å². The maximum Gasteiger partial charge on any atom is 0.410 e. The van der Waals surface area contributed by atoms with Crippen molar-refractivity contribution in [3.63, 3.8) is 0 Å². The van der Waals surface area contributed by atoms with E-state index in [-0.39, 0.29) is 12.0 Å². The molecule has 1 aliphatic heterocycles. The Morgan fingerprint density at radius 3 is 2.28 bits per heavy atom. The first-order valence-corrected chi connectivity index (χ1v) is 9.30. The smallest absolute Gasteiger partial charge is 0.410 e. The number of likely N-dealkylation sites (tertiary alicyclic amines) is 1. The molecule has 3 heteroatoms. The van der Waals surface area contributed by atoms with Crippen molar-refractivity contribution in [2.45, 2.75) is 38.6 Å². The van der Waals surface area contributed by atoms with Gasteiger partial charge < -0.3 is 9.64 Å². The van der Waals surface area contributed by atoms with Gasteiger partial charge in [-0.15, -0.1) is 0 Å². The van der Waals surface area contributed by atoms with Crippen LogP contribution in [0.4, 0.5) is 4.79 Å². The van der Waals surface area contributed by atoms with Gasteiger partial charge in [-0.05, 0) is 41.0 Å². The molecule has 1 amide bonds. The fourth-order valence-electron chi connectivity index (χ4n) is 4.44. The van der Waals surface area contributed by atoms with Gasteiger partial charge in [0.25, 0.3) is 0 Å². The molecule has 0 aromatic heterocycles. The first kappa shape index (κ1) is 16.2. The third-order valence-corrected chi connectivity index (χ3v) is 5.67. The standard InChI is InChI=1S/C22H25NO2/c1-3-16-12-15(2)13-23(16)22(24)25-14-21-19-10-6-4-8-17(19)18-9-5-7-11-20(18)21/h4-11,15-16,21H,3,12-14H2,1-2H3/t15-,16-/m1/s1. The maximum absolute atomic E-state index is 12.6. The van der Waals surface area contributed by atoms with Gasteiger partial charge in [0.15, 0.2) is 0 Å². The number of nitrogens with zero attached hydrogens (tertiary/aromatic N) is 1. The Bertz CT molecular complexity index is 740. The second-order valence-electron chi connectivity index (χ2n) is 7.36. The van der Waals surface area contributed by atoms with E-state index in [0.717, 1.165) is 19.4 Å². The third-order valence-electron chi connectivity index (χ3n) is 5.67. The van der Waals surface area contributed by atoms with E-state index in [0.29, 0.717) is 18.6 Å². The lowest BCUT2D eigenvalue weighted by Crippen LogP contribution is -2.36. The monoisotopic (exact) mass is 335 g/mol. The molecule has 2 aliphatic rings. The zero-order valence-electron chi connectivity index (χ0n) is 14.9. The van der Waals surface area contributed by atoms with Crippen LogP contribution in [-0.4, -0.2) is 30.2 Å². The van der Waals surface area contributed by atoms with Crippen molar-refractivity contribution in [1.82, 2.24) is 4.90 Å². The predicted octanol–water partition coefficient (Wildman–Crippen LogP) is 5.06. The molecule has 0 N–H and O–H groups in total. The molecule has 25 heavy (non-hydrogen) atoms. The van der Waals surface area contributed by atoms with Crippen LogP contribution in [0, 0.1) is 5.92 Å². The maximum atomic E-state index is 12.6. The summed E-state index contributed by atoms with van der Waals surface area (Å²) in [6, 6.07) is 17.2. The van der Waals surface area contributed by atoms with Crippen LogP contribution in [0.1, 0.15) is 43.7 Å². The van der Waals surface area contributed by atoms with Crippen LogP contribution in [0.2, 0.25) is 0 Å². The molecule has 1 saturated heterocycles. The first-order valence-electron chi connectivity index (χ1n) is 9.30. The molecule has 130 valence electrons. The Labute approximate surface area is 149 Å². The van der Waals surface area contributed by atoms with Gasteiger partial charge >= 0.3 is 6.09 Å². The van der Waals surface area contributed by atoms with E-state index in [4.69, 9.17) is 4.74 Å². The Balaban J connectivity index is 1.53. The highest BCUT2D eigenvalue weighted by Gasteiger charge is 2.34. The van der Waals surface area contributed by atoms with E-state index in [9.17, 15) is 4.79 Å². The Morgan fingerprint density at radius 2 is 1.68 bits per heavy atom. The number of fused-ring (bicyclic) bond motifs is 3. The van der Waals surface area contributed by atoms with E-state index in [1.165, 1.54) is 22.3 Å². The van der Waals surface area contributed by atoms with Crippen molar-refractivity contribution in [2.75, 3.05) is 13.2 Å². The molecule has 3 nitrogen and oxygen atoms in total. The van der Waals surface area contributed by atoms with Crippen LogP contribution in [0.5, 0.6) is 0 Å². The minimum absolute atomic E-state index is 0.136. The molecule has 0 radical (unpaired) electrons. The summed E-state index contributed by atoms with van der Waals surface area (Å²) in [7, 11) is 0. The Hall–Kier alpha value is -2.29. The van der Waals surface area contributed by atoms with E-state index in [1.807, 2.05) is 4.90 Å². The number of ether oxygens (including phenoxy) is 1. The van der Waals surface area contributed by atoms with Crippen molar-refractivity contribution in [2.24, 2.45) is 5.92 Å². The lowest BCUT2D eigenvalue weighted by molar-refractivity contribution is 0.0943.